The predicted molar refractivity (Wildman–Crippen MR) is 108 cm³/mol. The first-order chi connectivity index (χ1) is 13.4. The normalized spacial score (nSPS) is 10.2. The first kappa shape index (κ1) is 21.4. The molecule has 7 nitrogen and oxygen atoms in total. The molecule has 0 saturated carbocycles. The average Bonchev–Trinajstić information content (AvgIpc) is 2.97. The SMILES string of the molecule is COC(=O)c1c(NC(=O)CCCNC(=O)OCc2ccccc2)sc(C)c1C. The Hall–Kier alpha value is -2.87. The number of esters is 1. The number of hydrogen-bond donors (Lipinski definition) is 2. The third-order valence-corrected chi connectivity index (χ3v) is 5.21. The van der Waals surface area contributed by atoms with Gasteiger partial charge in [0.25, 0.3) is 0 Å². The van der Waals surface area contributed by atoms with Crippen molar-refractivity contribution >= 4 is 34.3 Å². The molecule has 0 bridgehead atoms. The number of rotatable bonds is 8. The number of carbonyl (C=O) groups is 3. The first-order valence-corrected chi connectivity index (χ1v) is 9.66. The van der Waals surface area contributed by atoms with Crippen LogP contribution in [-0.2, 0) is 20.9 Å². The van der Waals surface area contributed by atoms with E-state index in [4.69, 9.17) is 9.47 Å². The number of anilines is 1. The summed E-state index contributed by atoms with van der Waals surface area (Å²) in [5.74, 6) is -0.703. The van der Waals surface area contributed by atoms with Gasteiger partial charge in [0.15, 0.2) is 0 Å². The van der Waals surface area contributed by atoms with Gasteiger partial charge in [0.05, 0.1) is 12.7 Å². The fourth-order valence-electron chi connectivity index (χ4n) is 2.47. The number of ether oxygens (including phenoxy) is 2. The zero-order valence-corrected chi connectivity index (χ0v) is 17.0. The highest BCUT2D eigenvalue weighted by atomic mass is 32.1. The summed E-state index contributed by atoms with van der Waals surface area (Å²) < 4.78 is 9.89. The Morgan fingerprint density at radius 3 is 2.50 bits per heavy atom. The molecule has 1 aromatic carbocycles. The molecule has 0 unspecified atom stereocenters. The maximum absolute atomic E-state index is 12.2. The molecule has 2 rings (SSSR count). The quantitative estimate of drug-likeness (QED) is 0.516. The largest absolute Gasteiger partial charge is 0.465 e. The van der Waals surface area contributed by atoms with E-state index in [1.165, 1.54) is 18.4 Å². The van der Waals surface area contributed by atoms with Gasteiger partial charge in [0.2, 0.25) is 5.91 Å². The Morgan fingerprint density at radius 2 is 1.82 bits per heavy atom. The molecule has 2 N–H and O–H groups in total. The summed E-state index contributed by atoms with van der Waals surface area (Å²) in [5.41, 5.74) is 2.09. The number of methoxy groups -OCH3 is 1. The van der Waals surface area contributed by atoms with Crippen molar-refractivity contribution in [2.24, 2.45) is 0 Å². The van der Waals surface area contributed by atoms with E-state index in [1.807, 2.05) is 44.2 Å². The van der Waals surface area contributed by atoms with Crippen LogP contribution in [0.4, 0.5) is 9.80 Å². The molecule has 0 spiro atoms. The van der Waals surface area contributed by atoms with Gasteiger partial charge >= 0.3 is 12.1 Å². The summed E-state index contributed by atoms with van der Waals surface area (Å²) in [5, 5.41) is 5.86. The number of benzene rings is 1. The van der Waals surface area contributed by atoms with E-state index in [2.05, 4.69) is 10.6 Å². The van der Waals surface area contributed by atoms with Crippen molar-refractivity contribution in [1.82, 2.24) is 5.32 Å². The van der Waals surface area contributed by atoms with Crippen molar-refractivity contribution in [3.63, 3.8) is 0 Å². The summed E-state index contributed by atoms with van der Waals surface area (Å²) in [4.78, 5) is 36.7. The standard InChI is InChI=1S/C20H24N2O5S/c1-13-14(2)28-18(17(13)19(24)26-3)22-16(23)10-7-11-21-20(25)27-12-15-8-5-4-6-9-15/h4-6,8-9H,7,10-12H2,1-3H3,(H,21,25)(H,22,23). The van der Waals surface area contributed by atoms with E-state index in [-0.39, 0.29) is 18.9 Å². The Balaban J connectivity index is 1.72. The fourth-order valence-corrected chi connectivity index (χ4v) is 3.53. The van der Waals surface area contributed by atoms with Crippen molar-refractivity contribution in [3.05, 3.63) is 51.9 Å². The molecule has 0 fully saturated rings. The minimum atomic E-state index is -0.526. The van der Waals surface area contributed by atoms with Gasteiger partial charge in [-0.15, -0.1) is 11.3 Å². The van der Waals surface area contributed by atoms with Crippen LogP contribution in [0.3, 0.4) is 0 Å². The maximum Gasteiger partial charge on any atom is 0.407 e. The Kier molecular flexibility index (Phi) is 8.01. The fraction of sp³-hybridized carbons (Fsp3) is 0.350. The number of aryl methyl sites for hydroxylation is 1. The first-order valence-electron chi connectivity index (χ1n) is 8.85. The molecular formula is C20H24N2O5S. The summed E-state index contributed by atoms with van der Waals surface area (Å²) in [6.07, 6.45) is 0.125. The lowest BCUT2D eigenvalue weighted by Gasteiger charge is -2.08. The van der Waals surface area contributed by atoms with Gasteiger partial charge in [-0.2, -0.15) is 0 Å². The van der Waals surface area contributed by atoms with Crippen LogP contribution in [0, 0.1) is 13.8 Å². The molecule has 2 amide bonds. The third-order valence-electron chi connectivity index (χ3n) is 4.09. The lowest BCUT2D eigenvalue weighted by Crippen LogP contribution is -2.26. The zero-order chi connectivity index (χ0) is 20.5. The number of amides is 2. The minimum Gasteiger partial charge on any atom is -0.465 e. The highest BCUT2D eigenvalue weighted by molar-refractivity contribution is 7.16. The number of nitrogens with one attached hydrogen (secondary N) is 2. The van der Waals surface area contributed by atoms with Crippen molar-refractivity contribution < 1.29 is 23.9 Å². The van der Waals surface area contributed by atoms with Crippen LogP contribution in [0.2, 0.25) is 0 Å². The summed E-state index contributed by atoms with van der Waals surface area (Å²) in [7, 11) is 1.31. The van der Waals surface area contributed by atoms with E-state index in [0.29, 0.717) is 23.5 Å². The van der Waals surface area contributed by atoms with Gasteiger partial charge in [0, 0.05) is 17.8 Å². The predicted octanol–water partition coefficient (Wildman–Crippen LogP) is 3.80. The Labute approximate surface area is 168 Å². The third kappa shape index (κ3) is 6.09. The number of hydrogen-bond acceptors (Lipinski definition) is 6. The number of alkyl carbamates (subject to hydrolysis) is 1. The number of thiophene rings is 1. The van der Waals surface area contributed by atoms with E-state index in [9.17, 15) is 14.4 Å². The molecule has 28 heavy (non-hydrogen) atoms. The Bertz CT molecular complexity index is 833. The molecule has 8 heteroatoms. The maximum atomic E-state index is 12.2. The van der Waals surface area contributed by atoms with Crippen LogP contribution in [0.5, 0.6) is 0 Å². The van der Waals surface area contributed by atoms with Crippen LogP contribution in [-0.4, -0.2) is 31.6 Å². The van der Waals surface area contributed by atoms with Crippen LogP contribution >= 0.6 is 11.3 Å². The molecule has 2 aromatic rings. The topological polar surface area (TPSA) is 93.7 Å². The summed E-state index contributed by atoms with van der Waals surface area (Å²) in [6.45, 7) is 4.21. The van der Waals surface area contributed by atoms with E-state index < -0.39 is 12.1 Å². The van der Waals surface area contributed by atoms with Gasteiger partial charge in [-0.25, -0.2) is 9.59 Å². The van der Waals surface area contributed by atoms with E-state index in [1.54, 1.807) is 0 Å². The van der Waals surface area contributed by atoms with Gasteiger partial charge in [-0.1, -0.05) is 30.3 Å². The second-order valence-electron chi connectivity index (χ2n) is 6.12. The summed E-state index contributed by atoms with van der Waals surface area (Å²) in [6, 6.07) is 9.37. The zero-order valence-electron chi connectivity index (χ0n) is 16.2. The molecule has 1 aromatic heterocycles. The minimum absolute atomic E-state index is 0.195. The lowest BCUT2D eigenvalue weighted by molar-refractivity contribution is -0.116. The number of carbonyl (C=O) groups excluding carboxylic acids is 3. The van der Waals surface area contributed by atoms with Gasteiger partial charge in [0.1, 0.15) is 11.6 Å². The highest BCUT2D eigenvalue weighted by Crippen LogP contribution is 2.33. The van der Waals surface area contributed by atoms with Crippen LogP contribution in [0.1, 0.15) is 39.2 Å². The molecular weight excluding hydrogens is 380 g/mol. The smallest absolute Gasteiger partial charge is 0.407 e. The summed E-state index contributed by atoms with van der Waals surface area (Å²) >= 11 is 1.34. The van der Waals surface area contributed by atoms with Crippen molar-refractivity contribution in [2.45, 2.75) is 33.3 Å². The van der Waals surface area contributed by atoms with Crippen LogP contribution in [0.25, 0.3) is 0 Å². The average molecular weight is 404 g/mol. The van der Waals surface area contributed by atoms with Crippen LogP contribution < -0.4 is 10.6 Å². The monoisotopic (exact) mass is 404 g/mol. The molecule has 1 heterocycles. The molecule has 0 aliphatic heterocycles. The second kappa shape index (κ2) is 10.5. The molecule has 0 atom stereocenters. The van der Waals surface area contributed by atoms with Gasteiger partial charge < -0.3 is 20.1 Å². The highest BCUT2D eigenvalue weighted by Gasteiger charge is 2.21. The molecule has 150 valence electrons. The van der Waals surface area contributed by atoms with E-state index in [0.717, 1.165) is 16.0 Å². The Morgan fingerprint density at radius 1 is 1.11 bits per heavy atom. The molecule has 0 saturated heterocycles. The van der Waals surface area contributed by atoms with Crippen molar-refractivity contribution in [1.29, 1.82) is 0 Å². The van der Waals surface area contributed by atoms with Crippen molar-refractivity contribution in [2.75, 3.05) is 19.0 Å². The van der Waals surface area contributed by atoms with E-state index >= 15 is 0 Å². The lowest BCUT2D eigenvalue weighted by atomic mass is 10.1. The molecule has 0 aliphatic rings. The van der Waals surface area contributed by atoms with Crippen molar-refractivity contribution in [3.8, 4) is 0 Å². The molecule has 0 radical (unpaired) electrons. The van der Waals surface area contributed by atoms with Gasteiger partial charge in [-0.3, -0.25) is 4.79 Å². The molecule has 0 aliphatic carbocycles. The van der Waals surface area contributed by atoms with Gasteiger partial charge in [-0.05, 0) is 31.4 Å². The second-order valence-corrected chi connectivity index (χ2v) is 7.34. The van der Waals surface area contributed by atoms with Crippen LogP contribution in [0.15, 0.2) is 30.3 Å².